The Labute approximate surface area is 113 Å². The second-order valence-corrected chi connectivity index (χ2v) is 6.06. The highest BCUT2D eigenvalue weighted by molar-refractivity contribution is 7.89. The third-order valence-corrected chi connectivity index (χ3v) is 4.42. The topological polar surface area (TPSA) is 105 Å². The molecule has 19 heavy (non-hydrogen) atoms. The molecule has 0 bridgehead atoms. The van der Waals surface area contributed by atoms with Crippen LogP contribution in [-0.2, 0) is 10.0 Å². The molecule has 0 aliphatic rings. The molecule has 0 amide bonds. The monoisotopic (exact) mass is 285 g/mol. The normalized spacial score (nSPS) is 14.4. The fraction of sp³-hybridized carbons (Fsp3) is 0.417. The second kappa shape index (κ2) is 6.03. The highest BCUT2D eigenvalue weighted by Crippen LogP contribution is 2.17. The van der Waals surface area contributed by atoms with E-state index in [4.69, 9.17) is 10.9 Å². The van der Waals surface area contributed by atoms with Crippen molar-refractivity contribution >= 4 is 15.9 Å². The Morgan fingerprint density at radius 2 is 2.11 bits per heavy atom. The van der Waals surface area contributed by atoms with Crippen molar-refractivity contribution in [1.29, 1.82) is 0 Å². The number of aryl methyl sites for hydroxylation is 2. The van der Waals surface area contributed by atoms with Crippen molar-refractivity contribution < 1.29 is 13.6 Å². The SMILES string of the molecule is CCC(NS(=O)(=O)c1cc(C)ccc1C)/C(N)=N/O. The number of rotatable bonds is 5. The molecule has 1 unspecified atom stereocenters. The molecule has 4 N–H and O–H groups in total. The molecule has 0 radical (unpaired) electrons. The number of oxime groups is 1. The van der Waals surface area contributed by atoms with E-state index in [0.29, 0.717) is 12.0 Å². The Bertz CT molecular complexity index is 582. The Hall–Kier alpha value is -1.60. The van der Waals surface area contributed by atoms with Crippen LogP contribution in [0.5, 0.6) is 0 Å². The highest BCUT2D eigenvalue weighted by Gasteiger charge is 2.23. The first-order valence-corrected chi connectivity index (χ1v) is 7.37. The molecular weight excluding hydrogens is 266 g/mol. The summed E-state index contributed by atoms with van der Waals surface area (Å²) in [7, 11) is -3.70. The fourth-order valence-electron chi connectivity index (χ4n) is 1.67. The Balaban J connectivity index is 3.14. The smallest absolute Gasteiger partial charge is 0.241 e. The van der Waals surface area contributed by atoms with E-state index in [1.165, 1.54) is 0 Å². The standard InChI is InChI=1S/C12H19N3O3S/c1-4-10(12(13)14-16)15-19(17,18)11-7-8(2)5-6-9(11)3/h5-7,10,15-16H,4H2,1-3H3,(H2,13,14). The van der Waals surface area contributed by atoms with E-state index in [1.807, 2.05) is 13.0 Å². The number of amidine groups is 1. The van der Waals surface area contributed by atoms with E-state index < -0.39 is 16.1 Å². The number of nitrogens with zero attached hydrogens (tertiary/aromatic N) is 1. The summed E-state index contributed by atoms with van der Waals surface area (Å²) in [6.07, 6.45) is 0.389. The first-order valence-electron chi connectivity index (χ1n) is 5.88. The predicted molar refractivity (Wildman–Crippen MR) is 73.7 cm³/mol. The lowest BCUT2D eigenvalue weighted by molar-refractivity contribution is 0.315. The summed E-state index contributed by atoms with van der Waals surface area (Å²) in [4.78, 5) is 0.205. The number of nitrogens with two attached hydrogens (primary N) is 1. The summed E-state index contributed by atoms with van der Waals surface area (Å²) in [5.74, 6) is -0.156. The van der Waals surface area contributed by atoms with Crippen LogP contribution < -0.4 is 10.5 Å². The lowest BCUT2D eigenvalue weighted by Gasteiger charge is -2.16. The number of sulfonamides is 1. The molecule has 0 heterocycles. The average molecular weight is 285 g/mol. The maximum Gasteiger partial charge on any atom is 0.241 e. The van der Waals surface area contributed by atoms with Gasteiger partial charge in [-0.25, -0.2) is 13.1 Å². The van der Waals surface area contributed by atoms with Crippen molar-refractivity contribution in [3.63, 3.8) is 0 Å². The minimum absolute atomic E-state index is 0.156. The van der Waals surface area contributed by atoms with Gasteiger partial charge in [0.1, 0.15) is 0 Å². The summed E-state index contributed by atoms with van der Waals surface area (Å²) in [6.45, 7) is 5.28. The van der Waals surface area contributed by atoms with Crippen molar-refractivity contribution in [3.8, 4) is 0 Å². The van der Waals surface area contributed by atoms with Crippen LogP contribution in [0, 0.1) is 13.8 Å². The summed E-state index contributed by atoms with van der Waals surface area (Å²) in [5, 5.41) is 11.5. The van der Waals surface area contributed by atoms with Crippen molar-refractivity contribution in [2.24, 2.45) is 10.9 Å². The minimum Gasteiger partial charge on any atom is -0.409 e. The van der Waals surface area contributed by atoms with Crippen LogP contribution in [0.2, 0.25) is 0 Å². The van der Waals surface area contributed by atoms with Gasteiger partial charge < -0.3 is 10.9 Å². The molecule has 7 heteroatoms. The molecule has 0 spiro atoms. The maximum absolute atomic E-state index is 12.3. The first kappa shape index (κ1) is 15.5. The third-order valence-electron chi connectivity index (χ3n) is 2.81. The highest BCUT2D eigenvalue weighted by atomic mass is 32.2. The quantitative estimate of drug-likeness (QED) is 0.326. The van der Waals surface area contributed by atoms with Crippen LogP contribution in [0.1, 0.15) is 24.5 Å². The first-order chi connectivity index (χ1) is 8.81. The van der Waals surface area contributed by atoms with Crippen molar-refractivity contribution in [2.45, 2.75) is 38.1 Å². The van der Waals surface area contributed by atoms with Crippen LogP contribution in [0.25, 0.3) is 0 Å². The van der Waals surface area contributed by atoms with E-state index in [-0.39, 0.29) is 10.7 Å². The molecule has 0 aliphatic heterocycles. The van der Waals surface area contributed by atoms with Gasteiger partial charge in [0, 0.05) is 0 Å². The van der Waals surface area contributed by atoms with E-state index in [0.717, 1.165) is 5.56 Å². The van der Waals surface area contributed by atoms with Gasteiger partial charge >= 0.3 is 0 Å². The van der Waals surface area contributed by atoms with E-state index >= 15 is 0 Å². The van der Waals surface area contributed by atoms with Crippen LogP contribution in [0.15, 0.2) is 28.3 Å². The van der Waals surface area contributed by atoms with Crippen LogP contribution in [-0.4, -0.2) is 25.5 Å². The Morgan fingerprint density at radius 1 is 1.47 bits per heavy atom. The molecule has 6 nitrogen and oxygen atoms in total. The summed E-state index contributed by atoms with van der Waals surface area (Å²) in [6, 6.07) is 4.45. The van der Waals surface area contributed by atoms with E-state index in [9.17, 15) is 8.42 Å². The van der Waals surface area contributed by atoms with Gasteiger partial charge in [0.15, 0.2) is 5.84 Å². The molecule has 1 aromatic carbocycles. The van der Waals surface area contributed by atoms with Gasteiger partial charge in [-0.05, 0) is 37.5 Å². The lowest BCUT2D eigenvalue weighted by Crippen LogP contribution is -2.44. The number of nitrogens with one attached hydrogen (secondary N) is 1. The maximum atomic E-state index is 12.3. The number of hydrogen-bond donors (Lipinski definition) is 3. The van der Waals surface area contributed by atoms with E-state index in [1.54, 1.807) is 26.0 Å². The summed E-state index contributed by atoms with van der Waals surface area (Å²) in [5.41, 5.74) is 6.95. The lowest BCUT2D eigenvalue weighted by atomic mass is 10.2. The zero-order valence-electron chi connectivity index (χ0n) is 11.2. The van der Waals surface area contributed by atoms with Gasteiger partial charge in [-0.1, -0.05) is 24.2 Å². The molecular formula is C12H19N3O3S. The molecule has 0 aromatic heterocycles. The van der Waals surface area contributed by atoms with Crippen LogP contribution in [0.3, 0.4) is 0 Å². The molecule has 1 atom stereocenters. The number of benzene rings is 1. The summed E-state index contributed by atoms with van der Waals surface area (Å²) < 4.78 is 27.0. The van der Waals surface area contributed by atoms with Gasteiger partial charge in [0.05, 0.1) is 10.9 Å². The molecule has 0 fully saturated rings. The van der Waals surface area contributed by atoms with Gasteiger partial charge in [-0.3, -0.25) is 0 Å². The Kier molecular flexibility index (Phi) is 4.90. The van der Waals surface area contributed by atoms with Crippen LogP contribution in [0.4, 0.5) is 0 Å². The predicted octanol–water partition coefficient (Wildman–Crippen LogP) is 1.11. The average Bonchev–Trinajstić information content (AvgIpc) is 2.37. The van der Waals surface area contributed by atoms with Gasteiger partial charge in [0.2, 0.25) is 10.0 Å². The molecule has 1 aromatic rings. The van der Waals surface area contributed by atoms with Gasteiger partial charge in [-0.2, -0.15) is 0 Å². The van der Waals surface area contributed by atoms with Crippen LogP contribution >= 0.6 is 0 Å². The molecule has 0 aliphatic carbocycles. The molecule has 0 saturated carbocycles. The zero-order valence-corrected chi connectivity index (χ0v) is 12.0. The summed E-state index contributed by atoms with van der Waals surface area (Å²) >= 11 is 0. The largest absolute Gasteiger partial charge is 0.409 e. The second-order valence-electron chi connectivity index (χ2n) is 4.38. The fourth-order valence-corrected chi connectivity index (χ4v) is 3.29. The van der Waals surface area contributed by atoms with E-state index in [2.05, 4.69) is 9.88 Å². The van der Waals surface area contributed by atoms with Gasteiger partial charge in [-0.15, -0.1) is 0 Å². The minimum atomic E-state index is -3.70. The Morgan fingerprint density at radius 3 is 2.63 bits per heavy atom. The van der Waals surface area contributed by atoms with Gasteiger partial charge in [0.25, 0.3) is 0 Å². The molecule has 1 rings (SSSR count). The van der Waals surface area contributed by atoms with Crippen molar-refractivity contribution in [1.82, 2.24) is 4.72 Å². The van der Waals surface area contributed by atoms with Crippen molar-refractivity contribution in [3.05, 3.63) is 29.3 Å². The third kappa shape index (κ3) is 3.68. The molecule has 0 saturated heterocycles. The van der Waals surface area contributed by atoms with Crippen molar-refractivity contribution in [2.75, 3.05) is 0 Å². The zero-order chi connectivity index (χ0) is 14.6. The molecule has 106 valence electrons. The number of hydrogen-bond acceptors (Lipinski definition) is 4.